The van der Waals surface area contributed by atoms with Crippen LogP contribution in [0.3, 0.4) is 0 Å². The monoisotopic (exact) mass is 533 g/mol. The van der Waals surface area contributed by atoms with Crippen LogP contribution in [-0.2, 0) is 11.3 Å². The van der Waals surface area contributed by atoms with Gasteiger partial charge in [-0.15, -0.1) is 0 Å². The molecule has 0 saturated heterocycles. The van der Waals surface area contributed by atoms with Crippen molar-refractivity contribution >= 4 is 29.3 Å². The first-order chi connectivity index (χ1) is 18.2. The normalized spacial score (nSPS) is 10.9. The summed E-state index contributed by atoms with van der Waals surface area (Å²) in [5.74, 6) is 1.43. The van der Waals surface area contributed by atoms with Crippen molar-refractivity contribution in [3.63, 3.8) is 0 Å². The van der Waals surface area contributed by atoms with Gasteiger partial charge in [-0.3, -0.25) is 4.79 Å². The molecule has 37 heavy (non-hydrogen) atoms. The predicted octanol–water partition coefficient (Wildman–Crippen LogP) is 7.35. The van der Waals surface area contributed by atoms with Crippen molar-refractivity contribution in [3.8, 4) is 28.3 Å². The summed E-state index contributed by atoms with van der Waals surface area (Å²) in [7, 11) is 0. The van der Waals surface area contributed by atoms with Gasteiger partial charge in [0.2, 0.25) is 0 Å². The first-order valence-corrected chi connectivity index (χ1v) is 14.0. The van der Waals surface area contributed by atoms with Gasteiger partial charge in [-0.25, -0.2) is 4.98 Å². The van der Waals surface area contributed by atoms with Crippen LogP contribution in [0, 0.1) is 0 Å². The first-order valence-electron chi connectivity index (χ1n) is 12.6. The van der Waals surface area contributed by atoms with Crippen molar-refractivity contribution in [2.45, 2.75) is 37.9 Å². The van der Waals surface area contributed by atoms with Crippen molar-refractivity contribution in [1.29, 1.82) is 0 Å². The smallest absolute Gasteiger partial charge is 0.257 e. The number of carbonyl (C=O) groups is 1. The number of nitrogens with one attached hydrogen (secondary N) is 1. The zero-order valence-corrected chi connectivity index (χ0v) is 22.6. The molecule has 1 heterocycles. The fourth-order valence-electron chi connectivity index (χ4n) is 4.01. The number of unbranched alkanes of at least 4 members (excludes halogenated alkanes) is 1. The number of halogens is 1. The Bertz CT molecular complexity index is 1260. The van der Waals surface area contributed by atoms with Crippen molar-refractivity contribution < 1.29 is 9.53 Å². The third-order valence-electron chi connectivity index (χ3n) is 5.78. The summed E-state index contributed by atoms with van der Waals surface area (Å²) in [6, 6.07) is 27.9. The molecular weight excluding hydrogens is 502 g/mol. The van der Waals surface area contributed by atoms with E-state index in [0.717, 1.165) is 48.0 Å². The Labute approximate surface area is 228 Å². The summed E-state index contributed by atoms with van der Waals surface area (Å²) in [5.41, 5.74) is 4.50. The van der Waals surface area contributed by atoms with Crippen molar-refractivity contribution in [2.75, 3.05) is 18.9 Å². The molecule has 0 aliphatic rings. The highest BCUT2D eigenvalue weighted by atomic mass is 35.5. The molecule has 3 aromatic carbocycles. The number of imidazole rings is 1. The number of nitrogens with zero attached hydrogens (tertiary/aromatic N) is 2. The third kappa shape index (κ3) is 7.63. The summed E-state index contributed by atoms with van der Waals surface area (Å²) in [5, 5.41) is 4.61. The van der Waals surface area contributed by atoms with Crippen LogP contribution >= 0.6 is 23.4 Å². The second kappa shape index (κ2) is 13.9. The molecule has 1 aromatic heterocycles. The van der Waals surface area contributed by atoms with E-state index < -0.39 is 0 Å². The van der Waals surface area contributed by atoms with Crippen LogP contribution in [0.1, 0.15) is 26.2 Å². The molecule has 0 aliphatic heterocycles. The lowest BCUT2D eigenvalue weighted by Gasteiger charge is -2.12. The largest absolute Gasteiger partial charge is 0.484 e. The summed E-state index contributed by atoms with van der Waals surface area (Å²) < 4.78 is 7.85. The Morgan fingerprint density at radius 2 is 1.62 bits per heavy atom. The van der Waals surface area contributed by atoms with E-state index in [1.807, 2.05) is 12.1 Å². The summed E-state index contributed by atoms with van der Waals surface area (Å²) in [4.78, 5) is 17.2. The minimum atomic E-state index is -0.124. The second-order valence-corrected chi connectivity index (χ2v) is 10.1. The number of ether oxygens (including phenoxy) is 1. The number of carbonyl (C=O) groups excluding carboxylic acids is 1. The van der Waals surface area contributed by atoms with Crippen LogP contribution < -0.4 is 10.1 Å². The molecule has 7 heteroatoms. The Morgan fingerprint density at radius 1 is 0.946 bits per heavy atom. The average molecular weight is 534 g/mol. The molecule has 0 unspecified atom stereocenters. The molecule has 0 saturated carbocycles. The van der Waals surface area contributed by atoms with Gasteiger partial charge in [0.1, 0.15) is 5.75 Å². The van der Waals surface area contributed by atoms with E-state index in [1.54, 1.807) is 36.0 Å². The minimum Gasteiger partial charge on any atom is -0.484 e. The van der Waals surface area contributed by atoms with E-state index in [0.29, 0.717) is 17.3 Å². The maximum Gasteiger partial charge on any atom is 0.257 e. The van der Waals surface area contributed by atoms with Crippen LogP contribution in [0.2, 0.25) is 5.02 Å². The first kappa shape index (κ1) is 26.8. The lowest BCUT2D eigenvalue weighted by atomic mass is 10.0. The van der Waals surface area contributed by atoms with Crippen molar-refractivity contribution in [3.05, 3.63) is 90.0 Å². The Hall–Kier alpha value is -3.22. The number of rotatable bonds is 13. The topological polar surface area (TPSA) is 56.2 Å². The van der Waals surface area contributed by atoms with Crippen molar-refractivity contribution in [2.24, 2.45) is 0 Å². The van der Waals surface area contributed by atoms with Gasteiger partial charge in [0, 0.05) is 35.0 Å². The fraction of sp³-hybridized carbons (Fsp3) is 0.267. The van der Waals surface area contributed by atoms with E-state index in [4.69, 9.17) is 21.3 Å². The van der Waals surface area contributed by atoms with E-state index in [1.165, 1.54) is 11.3 Å². The molecule has 192 valence electrons. The van der Waals surface area contributed by atoms with E-state index in [-0.39, 0.29) is 12.5 Å². The maximum atomic E-state index is 12.1. The summed E-state index contributed by atoms with van der Waals surface area (Å²) >= 11 is 7.65. The third-order valence-corrected chi connectivity index (χ3v) is 7.10. The number of hydrogen-bond donors (Lipinski definition) is 1. The number of benzene rings is 3. The molecule has 4 rings (SSSR count). The van der Waals surface area contributed by atoms with E-state index in [2.05, 4.69) is 65.3 Å². The zero-order chi connectivity index (χ0) is 25.9. The highest BCUT2D eigenvalue weighted by Gasteiger charge is 2.19. The summed E-state index contributed by atoms with van der Waals surface area (Å²) in [6.07, 6.45) is 2.90. The SMILES string of the molecule is CCCn1c(SCCCCNC(=O)COc2ccc(Cl)cc2)nc(-c2ccccc2)c1-c1ccccc1. The van der Waals surface area contributed by atoms with Crippen LogP contribution in [-0.4, -0.2) is 34.4 Å². The highest BCUT2D eigenvalue weighted by molar-refractivity contribution is 7.99. The van der Waals surface area contributed by atoms with Gasteiger partial charge in [0.05, 0.1) is 11.4 Å². The van der Waals surface area contributed by atoms with Gasteiger partial charge >= 0.3 is 0 Å². The van der Waals surface area contributed by atoms with Crippen LogP contribution in [0.5, 0.6) is 5.75 Å². The molecule has 0 atom stereocenters. The molecule has 0 bridgehead atoms. The van der Waals surface area contributed by atoms with Gasteiger partial charge < -0.3 is 14.6 Å². The molecule has 4 aromatic rings. The fourth-order valence-corrected chi connectivity index (χ4v) is 5.16. The molecule has 0 fully saturated rings. The van der Waals surface area contributed by atoms with Gasteiger partial charge in [0.15, 0.2) is 11.8 Å². The van der Waals surface area contributed by atoms with E-state index in [9.17, 15) is 4.79 Å². The Balaban J connectivity index is 1.33. The molecule has 0 spiro atoms. The predicted molar refractivity (Wildman–Crippen MR) is 153 cm³/mol. The van der Waals surface area contributed by atoms with Crippen molar-refractivity contribution in [1.82, 2.24) is 14.9 Å². The molecule has 1 amide bonds. The van der Waals surface area contributed by atoms with Gasteiger partial charge in [0.25, 0.3) is 5.91 Å². The molecule has 5 nitrogen and oxygen atoms in total. The molecule has 0 radical (unpaired) electrons. The van der Waals surface area contributed by atoms with Gasteiger partial charge in [-0.2, -0.15) is 0 Å². The minimum absolute atomic E-state index is 0.00460. The number of hydrogen-bond acceptors (Lipinski definition) is 4. The number of aromatic nitrogens is 2. The molecular formula is C30H32ClN3O2S. The van der Waals surface area contributed by atoms with E-state index >= 15 is 0 Å². The summed E-state index contributed by atoms with van der Waals surface area (Å²) in [6.45, 7) is 3.73. The Kier molecular flexibility index (Phi) is 10.1. The maximum absolute atomic E-state index is 12.1. The second-order valence-electron chi connectivity index (χ2n) is 8.62. The average Bonchev–Trinajstić information content (AvgIpc) is 3.29. The molecule has 0 aliphatic carbocycles. The lowest BCUT2D eigenvalue weighted by Crippen LogP contribution is -2.29. The number of amides is 1. The van der Waals surface area contributed by atoms with Crippen LogP contribution in [0.15, 0.2) is 90.1 Å². The standard InChI is InChI=1S/C30H32ClN3O2S/c1-2-20-34-29(24-13-7-4-8-14-24)28(23-11-5-3-6-12-23)33-30(34)37-21-10-9-19-32-27(35)22-36-26-17-15-25(31)16-18-26/h3-8,11-18H,2,9-10,19-22H2,1H3,(H,32,35). The quantitative estimate of drug-likeness (QED) is 0.144. The zero-order valence-electron chi connectivity index (χ0n) is 21.0. The van der Waals surface area contributed by atoms with Crippen LogP contribution in [0.25, 0.3) is 22.5 Å². The van der Waals surface area contributed by atoms with Gasteiger partial charge in [-0.05, 0) is 43.5 Å². The van der Waals surface area contributed by atoms with Gasteiger partial charge in [-0.1, -0.05) is 91.0 Å². The van der Waals surface area contributed by atoms with Crippen LogP contribution in [0.4, 0.5) is 0 Å². The highest BCUT2D eigenvalue weighted by Crippen LogP contribution is 2.36. The lowest BCUT2D eigenvalue weighted by molar-refractivity contribution is -0.123. The molecule has 1 N–H and O–H groups in total. The Morgan fingerprint density at radius 3 is 2.30 bits per heavy atom. The number of thioether (sulfide) groups is 1.